The molecule has 0 unspecified atom stereocenters. The average Bonchev–Trinajstić information content (AvgIpc) is 3.32. The number of fused-ring (bicyclic) bond motifs is 1. The fourth-order valence-electron chi connectivity index (χ4n) is 3.74. The highest BCUT2D eigenvalue weighted by Gasteiger charge is 2.51. The number of rotatable bonds is 4. The highest BCUT2D eigenvalue weighted by atomic mass is 32.1. The van der Waals surface area contributed by atoms with Crippen molar-refractivity contribution in [3.63, 3.8) is 0 Å². The Bertz CT molecular complexity index is 750. The molecule has 0 spiro atoms. The molecule has 0 N–H and O–H groups in total. The van der Waals surface area contributed by atoms with E-state index in [1.54, 1.807) is 20.4 Å². The minimum absolute atomic E-state index is 0.0743. The average molecular weight is 345 g/mol. The van der Waals surface area contributed by atoms with Gasteiger partial charge in [-0.05, 0) is 18.9 Å². The quantitative estimate of drug-likeness (QED) is 0.853. The Morgan fingerprint density at radius 3 is 2.88 bits per heavy atom. The number of carbonyl (C=O) groups excluding carboxylic acids is 1. The Morgan fingerprint density at radius 2 is 2.17 bits per heavy atom. The van der Waals surface area contributed by atoms with Crippen molar-refractivity contribution in [2.45, 2.75) is 25.0 Å². The number of carbonyl (C=O) groups is 1. The van der Waals surface area contributed by atoms with Crippen LogP contribution in [0.2, 0.25) is 0 Å². The van der Waals surface area contributed by atoms with Crippen molar-refractivity contribution in [2.24, 2.45) is 0 Å². The lowest BCUT2D eigenvalue weighted by atomic mass is 10.1. The molecule has 2 atom stereocenters. The van der Waals surface area contributed by atoms with Crippen LogP contribution in [0.4, 0.5) is 5.13 Å². The first kappa shape index (κ1) is 15.4. The van der Waals surface area contributed by atoms with Gasteiger partial charge in [-0.1, -0.05) is 12.1 Å². The van der Waals surface area contributed by atoms with E-state index in [2.05, 4.69) is 9.88 Å². The normalized spacial score (nSPS) is 23.6. The van der Waals surface area contributed by atoms with E-state index in [4.69, 9.17) is 9.47 Å². The van der Waals surface area contributed by atoms with E-state index in [9.17, 15) is 4.79 Å². The van der Waals surface area contributed by atoms with Crippen LogP contribution in [0.1, 0.15) is 24.6 Å². The minimum atomic E-state index is -0.207. The third-order valence-electron chi connectivity index (χ3n) is 4.71. The molecule has 0 bridgehead atoms. The van der Waals surface area contributed by atoms with Crippen molar-refractivity contribution in [2.75, 3.05) is 25.7 Å². The molecule has 2 saturated heterocycles. The lowest BCUT2D eigenvalue weighted by molar-refractivity contribution is -0.119. The van der Waals surface area contributed by atoms with Gasteiger partial charge in [-0.2, -0.15) is 0 Å². The van der Waals surface area contributed by atoms with E-state index >= 15 is 0 Å². The molecule has 3 heterocycles. The van der Waals surface area contributed by atoms with Crippen molar-refractivity contribution in [1.82, 2.24) is 9.88 Å². The van der Waals surface area contributed by atoms with Gasteiger partial charge in [0.05, 0.1) is 20.3 Å². The van der Waals surface area contributed by atoms with Gasteiger partial charge in [-0.15, -0.1) is 11.3 Å². The van der Waals surface area contributed by atoms with Crippen LogP contribution in [-0.4, -0.2) is 42.6 Å². The number of aromatic nitrogens is 1. The third-order valence-corrected chi connectivity index (χ3v) is 5.48. The molecule has 0 aliphatic carbocycles. The van der Waals surface area contributed by atoms with Gasteiger partial charge in [0.1, 0.15) is 6.17 Å². The first-order chi connectivity index (χ1) is 11.8. The number of methoxy groups -OCH3 is 2. The van der Waals surface area contributed by atoms with Crippen LogP contribution in [0.3, 0.4) is 0 Å². The van der Waals surface area contributed by atoms with Gasteiger partial charge in [0.2, 0.25) is 5.91 Å². The number of benzene rings is 1. The van der Waals surface area contributed by atoms with Crippen LogP contribution in [0.25, 0.3) is 0 Å². The summed E-state index contributed by atoms with van der Waals surface area (Å²) in [6, 6.07) is 5.73. The summed E-state index contributed by atoms with van der Waals surface area (Å²) in [6.45, 7) is 0.892. The Balaban J connectivity index is 1.86. The monoisotopic (exact) mass is 345 g/mol. The van der Waals surface area contributed by atoms with Crippen molar-refractivity contribution >= 4 is 22.4 Å². The standard InChI is InChI=1S/C17H19N3O3S/c1-22-13-7-3-5-11(14(13)23-2)15-19-9-4-6-12(19)16(21)20(15)17-18-8-10-24-17/h3,5,7-8,10,12,15H,4,6,9H2,1-2H3/t12-,15+/m0/s1. The van der Waals surface area contributed by atoms with E-state index in [1.165, 1.54) is 11.3 Å². The van der Waals surface area contributed by atoms with E-state index in [1.807, 2.05) is 28.5 Å². The molecule has 1 aromatic carbocycles. The van der Waals surface area contributed by atoms with Gasteiger partial charge in [0.15, 0.2) is 16.6 Å². The summed E-state index contributed by atoms with van der Waals surface area (Å²) in [5.41, 5.74) is 0.935. The zero-order valence-electron chi connectivity index (χ0n) is 13.6. The predicted molar refractivity (Wildman–Crippen MR) is 91.6 cm³/mol. The number of ether oxygens (including phenoxy) is 2. The van der Waals surface area contributed by atoms with Gasteiger partial charge in [0, 0.05) is 23.7 Å². The summed E-state index contributed by atoms with van der Waals surface area (Å²) in [4.78, 5) is 21.4. The number of nitrogens with zero attached hydrogens (tertiary/aromatic N) is 3. The molecule has 0 saturated carbocycles. The summed E-state index contributed by atoms with van der Waals surface area (Å²) in [5, 5.41) is 2.62. The van der Waals surface area contributed by atoms with E-state index in [-0.39, 0.29) is 18.1 Å². The third kappa shape index (κ3) is 2.19. The highest BCUT2D eigenvalue weighted by molar-refractivity contribution is 7.13. The van der Waals surface area contributed by atoms with E-state index in [0.29, 0.717) is 11.5 Å². The topological polar surface area (TPSA) is 54.9 Å². The molecule has 2 aromatic rings. The van der Waals surface area contributed by atoms with E-state index in [0.717, 1.165) is 30.1 Å². The smallest absolute Gasteiger partial charge is 0.247 e. The van der Waals surface area contributed by atoms with Crippen LogP contribution < -0.4 is 14.4 Å². The number of anilines is 1. The molecule has 4 rings (SSSR count). The Kier molecular flexibility index (Phi) is 3.90. The fourth-order valence-corrected chi connectivity index (χ4v) is 4.41. The van der Waals surface area contributed by atoms with Gasteiger partial charge >= 0.3 is 0 Å². The number of thiazole rings is 1. The maximum absolute atomic E-state index is 13.0. The summed E-state index contributed by atoms with van der Waals surface area (Å²) >= 11 is 1.48. The summed E-state index contributed by atoms with van der Waals surface area (Å²) < 4.78 is 11.1. The molecule has 6 nitrogen and oxygen atoms in total. The second-order valence-electron chi connectivity index (χ2n) is 5.88. The summed E-state index contributed by atoms with van der Waals surface area (Å²) in [6.07, 6.45) is 3.45. The van der Waals surface area contributed by atoms with E-state index < -0.39 is 0 Å². The molecule has 1 amide bonds. The van der Waals surface area contributed by atoms with Gasteiger partial charge in [-0.3, -0.25) is 14.6 Å². The van der Waals surface area contributed by atoms with Crippen LogP contribution in [0.15, 0.2) is 29.8 Å². The molecule has 2 aliphatic heterocycles. The predicted octanol–water partition coefficient (Wildman–Crippen LogP) is 2.67. The number of amides is 1. The Labute approximate surface area is 144 Å². The van der Waals surface area contributed by atoms with Crippen molar-refractivity contribution < 1.29 is 14.3 Å². The minimum Gasteiger partial charge on any atom is -0.493 e. The lowest BCUT2D eigenvalue weighted by Crippen LogP contribution is -2.32. The second kappa shape index (κ2) is 6.07. The molecule has 2 fully saturated rings. The van der Waals surface area contributed by atoms with Gasteiger partial charge in [-0.25, -0.2) is 4.98 Å². The van der Waals surface area contributed by atoms with Crippen LogP contribution >= 0.6 is 11.3 Å². The first-order valence-electron chi connectivity index (χ1n) is 7.95. The zero-order chi connectivity index (χ0) is 16.7. The van der Waals surface area contributed by atoms with Crippen molar-refractivity contribution in [3.05, 3.63) is 35.3 Å². The lowest BCUT2D eigenvalue weighted by Gasteiger charge is -2.29. The van der Waals surface area contributed by atoms with Gasteiger partial charge < -0.3 is 9.47 Å². The largest absolute Gasteiger partial charge is 0.493 e. The fraction of sp³-hybridized carbons (Fsp3) is 0.412. The molecule has 126 valence electrons. The molecular weight excluding hydrogens is 326 g/mol. The molecule has 7 heteroatoms. The molecular formula is C17H19N3O3S. The number of para-hydroxylation sites is 1. The van der Waals surface area contributed by atoms with Crippen LogP contribution in [0, 0.1) is 0 Å². The molecule has 2 aliphatic rings. The first-order valence-corrected chi connectivity index (χ1v) is 8.83. The van der Waals surface area contributed by atoms with Crippen molar-refractivity contribution in [3.8, 4) is 11.5 Å². The molecule has 24 heavy (non-hydrogen) atoms. The summed E-state index contributed by atoms with van der Waals surface area (Å²) in [7, 11) is 3.26. The number of hydrogen-bond donors (Lipinski definition) is 0. The maximum Gasteiger partial charge on any atom is 0.247 e. The Hall–Kier alpha value is -2.12. The van der Waals surface area contributed by atoms with Gasteiger partial charge in [0.25, 0.3) is 0 Å². The maximum atomic E-state index is 13.0. The Morgan fingerprint density at radius 1 is 1.29 bits per heavy atom. The summed E-state index contributed by atoms with van der Waals surface area (Å²) in [5.74, 6) is 1.47. The molecule has 1 aromatic heterocycles. The van der Waals surface area contributed by atoms with Crippen LogP contribution in [0.5, 0.6) is 11.5 Å². The molecule has 0 radical (unpaired) electrons. The van der Waals surface area contributed by atoms with Crippen LogP contribution in [-0.2, 0) is 4.79 Å². The van der Waals surface area contributed by atoms with Crippen molar-refractivity contribution in [1.29, 1.82) is 0 Å². The zero-order valence-corrected chi connectivity index (χ0v) is 14.5. The SMILES string of the molecule is COc1cccc([C@H]2N(c3nccs3)C(=O)[C@@H]3CCCN32)c1OC. The number of hydrogen-bond acceptors (Lipinski definition) is 6. The highest BCUT2D eigenvalue weighted by Crippen LogP contribution is 2.47. The second-order valence-corrected chi connectivity index (χ2v) is 6.75.